The van der Waals surface area contributed by atoms with E-state index in [0.717, 1.165) is 30.1 Å². The molecule has 0 bridgehead atoms. The monoisotopic (exact) mass is 501 g/mol. The Morgan fingerprint density at radius 2 is 1.92 bits per heavy atom. The van der Waals surface area contributed by atoms with Crippen molar-refractivity contribution in [3.8, 4) is 11.3 Å². The molecule has 3 rings (SSSR count). The second kappa shape index (κ2) is 15.8. The van der Waals surface area contributed by atoms with Crippen molar-refractivity contribution in [3.63, 3.8) is 0 Å². The average Bonchev–Trinajstić information content (AvgIpc) is 3.41. The Kier molecular flexibility index (Phi) is 12.8. The largest absolute Gasteiger partial charge is 0.342 e. The third-order valence-corrected chi connectivity index (χ3v) is 7.15. The Hall–Kier alpha value is -3.20. The molecular weight excluding hydrogens is 450 g/mol. The van der Waals surface area contributed by atoms with Crippen LogP contribution in [0.25, 0.3) is 22.0 Å². The van der Waals surface area contributed by atoms with Crippen LogP contribution in [0.1, 0.15) is 98.9 Å². The number of benzene rings is 2. The van der Waals surface area contributed by atoms with E-state index in [1.54, 1.807) is 6.08 Å². The number of aromatic amines is 1. The number of aryl methyl sites for hydroxylation is 2. The summed E-state index contributed by atoms with van der Waals surface area (Å²) in [5, 5.41) is 2.61. The number of imidazole rings is 1. The summed E-state index contributed by atoms with van der Waals surface area (Å²) in [6.07, 6.45) is 16.6. The van der Waals surface area contributed by atoms with Gasteiger partial charge in [0, 0.05) is 26.2 Å². The lowest BCUT2D eigenvalue weighted by atomic mass is 9.96. The number of unbranched alkanes of at least 4 members (excludes halogenated alkanes) is 2. The van der Waals surface area contributed by atoms with Gasteiger partial charge >= 0.3 is 0 Å². The fourth-order valence-electron chi connectivity index (χ4n) is 4.70. The summed E-state index contributed by atoms with van der Waals surface area (Å²) >= 11 is 0. The Balaban J connectivity index is 0.00000353. The number of nitrogens with zero attached hydrogens (tertiary/aromatic N) is 2. The zero-order valence-electron chi connectivity index (χ0n) is 24.2. The number of aromatic nitrogens is 2. The zero-order valence-corrected chi connectivity index (χ0v) is 24.2. The van der Waals surface area contributed by atoms with E-state index in [1.165, 1.54) is 58.7 Å². The van der Waals surface area contributed by atoms with Crippen LogP contribution < -0.4 is 0 Å². The van der Waals surface area contributed by atoms with E-state index in [2.05, 4.69) is 87.6 Å². The predicted octanol–water partition coefficient (Wildman–Crippen LogP) is 10.9. The van der Waals surface area contributed by atoms with Gasteiger partial charge in [-0.3, -0.25) is 4.99 Å². The van der Waals surface area contributed by atoms with Crippen molar-refractivity contribution < 1.29 is 2.85 Å². The molecule has 0 spiro atoms. The van der Waals surface area contributed by atoms with Gasteiger partial charge in [-0.05, 0) is 93.0 Å². The van der Waals surface area contributed by atoms with Gasteiger partial charge in [0.25, 0.3) is 0 Å². The maximum Gasteiger partial charge on any atom is 0.109 e. The number of H-pyrrole nitrogens is 1. The third-order valence-electron chi connectivity index (χ3n) is 7.15. The van der Waals surface area contributed by atoms with Gasteiger partial charge in [-0.25, -0.2) is 4.98 Å². The van der Waals surface area contributed by atoms with Crippen molar-refractivity contribution in [2.75, 3.05) is 0 Å². The molecule has 37 heavy (non-hydrogen) atoms. The van der Waals surface area contributed by atoms with Crippen LogP contribution in [0.5, 0.6) is 0 Å². The van der Waals surface area contributed by atoms with Crippen LogP contribution in [-0.2, 0) is 0 Å². The molecule has 0 radical (unpaired) electrons. The van der Waals surface area contributed by atoms with Crippen molar-refractivity contribution in [1.82, 2.24) is 9.97 Å². The molecule has 0 aliphatic carbocycles. The van der Waals surface area contributed by atoms with E-state index in [0.29, 0.717) is 5.92 Å². The van der Waals surface area contributed by atoms with Gasteiger partial charge < -0.3 is 4.98 Å². The summed E-state index contributed by atoms with van der Waals surface area (Å²) in [5.74, 6) is 1.59. The van der Waals surface area contributed by atoms with Crippen molar-refractivity contribution in [2.24, 2.45) is 4.99 Å². The molecule has 0 amide bonds. The van der Waals surface area contributed by atoms with Crippen molar-refractivity contribution >= 4 is 16.5 Å². The molecular formula is C34H51N3. The summed E-state index contributed by atoms with van der Waals surface area (Å²) in [6.45, 7) is 18.5. The minimum atomic E-state index is 0. The van der Waals surface area contributed by atoms with Gasteiger partial charge in [0.1, 0.15) is 5.82 Å². The number of fused-ring (bicyclic) bond motifs is 1. The van der Waals surface area contributed by atoms with Gasteiger partial charge in [-0.15, -0.1) is 0 Å². The van der Waals surface area contributed by atoms with Crippen LogP contribution in [-0.4, -0.2) is 15.7 Å². The van der Waals surface area contributed by atoms with Gasteiger partial charge in [-0.2, -0.15) is 0 Å². The van der Waals surface area contributed by atoms with E-state index in [1.807, 2.05) is 32.3 Å². The fourth-order valence-corrected chi connectivity index (χ4v) is 4.70. The molecule has 0 aliphatic rings. The lowest BCUT2D eigenvalue weighted by Crippen LogP contribution is -2.01. The molecule has 1 atom stereocenters. The highest BCUT2D eigenvalue weighted by molar-refractivity contribution is 5.98. The lowest BCUT2D eigenvalue weighted by molar-refractivity contribution is 0.528. The van der Waals surface area contributed by atoms with Gasteiger partial charge in [0.15, 0.2) is 0 Å². The summed E-state index contributed by atoms with van der Waals surface area (Å²) in [6, 6.07) is 11.2. The van der Waals surface area contributed by atoms with E-state index in [9.17, 15) is 0 Å². The first kappa shape index (κ1) is 30.0. The van der Waals surface area contributed by atoms with Crippen LogP contribution in [0.15, 0.2) is 78.1 Å². The van der Waals surface area contributed by atoms with Crippen molar-refractivity contribution in [1.29, 1.82) is 0 Å². The maximum atomic E-state index is 4.78. The van der Waals surface area contributed by atoms with Gasteiger partial charge in [0.05, 0.1) is 11.9 Å². The molecule has 0 saturated carbocycles. The number of aliphatic imine (C=N–C) groups is 1. The van der Waals surface area contributed by atoms with E-state index >= 15 is 0 Å². The molecule has 1 aromatic heterocycles. The molecule has 0 aliphatic heterocycles. The maximum absolute atomic E-state index is 4.78. The van der Waals surface area contributed by atoms with E-state index < -0.39 is 0 Å². The smallest absolute Gasteiger partial charge is 0.109 e. The molecule has 0 saturated heterocycles. The number of hydrogen-bond acceptors (Lipinski definition) is 2. The number of hydrogen-bond donors (Lipinski definition) is 1. The first-order chi connectivity index (χ1) is 18.0. The quantitative estimate of drug-likeness (QED) is 0.150. The van der Waals surface area contributed by atoms with E-state index in [-0.39, 0.29) is 2.85 Å². The normalized spacial score (nSPS) is 13.1. The van der Waals surface area contributed by atoms with Crippen LogP contribution in [0.3, 0.4) is 0 Å². The Bertz CT molecular complexity index is 1230. The molecule has 1 heterocycles. The highest BCUT2D eigenvalue weighted by atomic mass is 14.9. The Morgan fingerprint density at radius 3 is 2.62 bits per heavy atom. The predicted molar refractivity (Wildman–Crippen MR) is 169 cm³/mol. The van der Waals surface area contributed by atoms with Crippen LogP contribution >= 0.6 is 0 Å². The van der Waals surface area contributed by atoms with Crippen molar-refractivity contribution in [2.45, 2.75) is 92.9 Å². The Morgan fingerprint density at radius 1 is 1.14 bits per heavy atom. The van der Waals surface area contributed by atoms with Crippen LogP contribution in [0, 0.1) is 13.8 Å². The summed E-state index contributed by atoms with van der Waals surface area (Å²) < 4.78 is 0. The van der Waals surface area contributed by atoms with Crippen molar-refractivity contribution in [3.05, 3.63) is 90.1 Å². The van der Waals surface area contributed by atoms with Crippen LogP contribution in [0.2, 0.25) is 0 Å². The van der Waals surface area contributed by atoms with Gasteiger partial charge in [-0.1, -0.05) is 76.6 Å². The van der Waals surface area contributed by atoms with Crippen LogP contribution in [0.4, 0.5) is 0 Å². The SMILES string of the molecule is C=C\C=C/N=C(C)/C(=C\C)CCCCCC(CC)c1ncc(-c2ccc3c(C)c(C)ccc3c2)[nH]1.CC.[HH].[HH]. The number of rotatable bonds is 12. The molecule has 3 nitrogen and oxygen atoms in total. The Labute approximate surface area is 228 Å². The second-order valence-electron chi connectivity index (χ2n) is 9.44. The fraction of sp³-hybridized carbons (Fsp3) is 0.412. The standard InChI is InChI=1S/C32H41N3.C2H6.2H2/c1-7-10-20-33-25(6)26(8-2)14-12-11-13-15-27(9-3)32-34-22-31(35-32)29-18-19-30-24(5)23(4)16-17-28(30)21-29;1-2;;/h7-8,10,16-22,27H,1,9,11-15H2,2-6H3,(H,34,35);1-2H3;2*1H/b20-10-,26-8-,33-25+;;;. The number of allylic oxidation sites excluding steroid dienone is 4. The summed E-state index contributed by atoms with van der Waals surface area (Å²) in [7, 11) is 0. The highest BCUT2D eigenvalue weighted by Crippen LogP contribution is 2.29. The average molecular weight is 502 g/mol. The molecule has 2 aromatic carbocycles. The second-order valence-corrected chi connectivity index (χ2v) is 9.44. The van der Waals surface area contributed by atoms with E-state index in [4.69, 9.17) is 4.98 Å². The highest BCUT2D eigenvalue weighted by Gasteiger charge is 2.14. The molecule has 3 heteroatoms. The molecule has 0 fully saturated rings. The molecule has 1 N–H and O–H groups in total. The lowest BCUT2D eigenvalue weighted by Gasteiger charge is -2.12. The third kappa shape index (κ3) is 8.42. The number of nitrogens with one attached hydrogen (secondary N) is 1. The summed E-state index contributed by atoms with van der Waals surface area (Å²) in [4.78, 5) is 12.9. The first-order valence-electron chi connectivity index (χ1n) is 14.0. The minimum absolute atomic E-state index is 0. The molecule has 202 valence electrons. The molecule has 3 aromatic rings. The summed E-state index contributed by atoms with van der Waals surface area (Å²) in [5.41, 5.74) is 7.44. The minimum Gasteiger partial charge on any atom is -0.342 e. The topological polar surface area (TPSA) is 41.0 Å². The first-order valence-corrected chi connectivity index (χ1v) is 14.0. The zero-order chi connectivity index (χ0) is 27.2. The molecule has 1 unspecified atom stereocenters. The van der Waals surface area contributed by atoms with Gasteiger partial charge in [0.2, 0.25) is 0 Å².